The fourth-order valence-electron chi connectivity index (χ4n) is 1.93. The van der Waals surface area contributed by atoms with Gasteiger partial charge in [0, 0.05) is 12.0 Å². The summed E-state index contributed by atoms with van der Waals surface area (Å²) in [5, 5.41) is 2.76. The molecule has 3 nitrogen and oxygen atoms in total. The van der Waals surface area contributed by atoms with Crippen molar-refractivity contribution in [2.24, 2.45) is 0 Å². The molecule has 0 spiro atoms. The molecular weight excluding hydrogens is 214 g/mol. The molecule has 0 saturated carbocycles. The summed E-state index contributed by atoms with van der Waals surface area (Å²) >= 11 is 0. The second kappa shape index (κ2) is 5.21. The monoisotopic (exact) mass is 235 g/mol. The molecule has 94 valence electrons. The molecule has 0 aliphatic carbocycles. The summed E-state index contributed by atoms with van der Waals surface area (Å²) in [6.07, 6.45) is -0.386. The van der Waals surface area contributed by atoms with Crippen molar-refractivity contribution >= 4 is 6.09 Å². The van der Waals surface area contributed by atoms with Crippen molar-refractivity contribution < 1.29 is 9.53 Å². The van der Waals surface area contributed by atoms with Crippen molar-refractivity contribution in [3.8, 4) is 0 Å². The van der Waals surface area contributed by atoms with Crippen molar-refractivity contribution in [1.29, 1.82) is 0 Å². The van der Waals surface area contributed by atoms with Crippen LogP contribution in [0.2, 0.25) is 0 Å². The van der Waals surface area contributed by atoms with Crippen molar-refractivity contribution in [1.82, 2.24) is 5.32 Å². The van der Waals surface area contributed by atoms with E-state index in [2.05, 4.69) is 55.9 Å². The SMILES string of the molecule is COC(=O)NCC(C)(C)c1cc(C)ccc1C. The van der Waals surface area contributed by atoms with Crippen LogP contribution in [0.5, 0.6) is 0 Å². The molecule has 0 heterocycles. The Morgan fingerprint density at radius 3 is 2.59 bits per heavy atom. The van der Waals surface area contributed by atoms with Crippen LogP contribution >= 0.6 is 0 Å². The highest BCUT2D eigenvalue weighted by Crippen LogP contribution is 2.26. The molecule has 3 heteroatoms. The number of nitrogens with one attached hydrogen (secondary N) is 1. The lowest BCUT2D eigenvalue weighted by atomic mass is 9.81. The predicted molar refractivity (Wildman–Crippen MR) is 69.3 cm³/mol. The zero-order valence-electron chi connectivity index (χ0n) is 11.3. The number of carbonyl (C=O) groups excluding carboxylic acids is 1. The van der Waals surface area contributed by atoms with Gasteiger partial charge in [0.1, 0.15) is 0 Å². The van der Waals surface area contributed by atoms with E-state index in [1.165, 1.54) is 23.8 Å². The summed E-state index contributed by atoms with van der Waals surface area (Å²) in [5.41, 5.74) is 3.63. The van der Waals surface area contributed by atoms with Crippen LogP contribution in [-0.4, -0.2) is 19.7 Å². The number of aryl methyl sites for hydroxylation is 2. The number of rotatable bonds is 3. The molecule has 0 aliphatic rings. The topological polar surface area (TPSA) is 38.3 Å². The number of ether oxygens (including phenoxy) is 1. The zero-order valence-corrected chi connectivity index (χ0v) is 11.3. The van der Waals surface area contributed by atoms with Crippen molar-refractivity contribution in [3.63, 3.8) is 0 Å². The largest absolute Gasteiger partial charge is 0.453 e. The minimum Gasteiger partial charge on any atom is -0.453 e. The predicted octanol–water partition coefficient (Wildman–Crippen LogP) is 2.94. The second-order valence-corrected chi connectivity index (χ2v) is 5.05. The van der Waals surface area contributed by atoms with E-state index in [9.17, 15) is 4.79 Å². The molecular formula is C14H21NO2. The average Bonchev–Trinajstić information content (AvgIpc) is 2.29. The number of hydrogen-bond donors (Lipinski definition) is 1. The Kier molecular flexibility index (Phi) is 4.16. The van der Waals surface area contributed by atoms with Crippen LogP contribution in [-0.2, 0) is 10.2 Å². The van der Waals surface area contributed by atoms with E-state index in [-0.39, 0.29) is 11.5 Å². The molecule has 0 aromatic heterocycles. The third-order valence-electron chi connectivity index (χ3n) is 2.98. The lowest BCUT2D eigenvalue weighted by Gasteiger charge is -2.27. The first-order valence-electron chi connectivity index (χ1n) is 5.76. The molecule has 0 aliphatic heterocycles. The Morgan fingerprint density at radius 2 is 2.00 bits per heavy atom. The maximum absolute atomic E-state index is 11.1. The molecule has 0 bridgehead atoms. The number of amides is 1. The summed E-state index contributed by atoms with van der Waals surface area (Å²) in [5.74, 6) is 0. The van der Waals surface area contributed by atoms with Gasteiger partial charge in [-0.15, -0.1) is 0 Å². The molecule has 17 heavy (non-hydrogen) atoms. The molecule has 0 atom stereocenters. The first kappa shape index (κ1) is 13.6. The fourth-order valence-corrected chi connectivity index (χ4v) is 1.93. The highest BCUT2D eigenvalue weighted by molar-refractivity contribution is 5.67. The van der Waals surface area contributed by atoms with E-state index < -0.39 is 0 Å². The van der Waals surface area contributed by atoms with Gasteiger partial charge in [0.2, 0.25) is 0 Å². The maximum Gasteiger partial charge on any atom is 0.406 e. The van der Waals surface area contributed by atoms with Gasteiger partial charge in [-0.3, -0.25) is 0 Å². The van der Waals surface area contributed by atoms with Crippen LogP contribution in [0.15, 0.2) is 18.2 Å². The molecule has 1 rings (SSSR count). The molecule has 0 unspecified atom stereocenters. The highest BCUT2D eigenvalue weighted by atomic mass is 16.5. The fraction of sp³-hybridized carbons (Fsp3) is 0.500. The normalized spacial score (nSPS) is 11.1. The van der Waals surface area contributed by atoms with Crippen molar-refractivity contribution in [3.05, 3.63) is 34.9 Å². The number of alkyl carbamates (subject to hydrolysis) is 1. The maximum atomic E-state index is 11.1. The van der Waals surface area contributed by atoms with Gasteiger partial charge in [-0.1, -0.05) is 37.6 Å². The molecule has 1 aromatic carbocycles. The van der Waals surface area contributed by atoms with E-state index in [1.807, 2.05) is 0 Å². The molecule has 0 radical (unpaired) electrons. The lowest BCUT2D eigenvalue weighted by Crippen LogP contribution is -2.37. The van der Waals surface area contributed by atoms with Crippen LogP contribution in [0.25, 0.3) is 0 Å². The summed E-state index contributed by atoms with van der Waals surface area (Å²) in [6.45, 7) is 8.96. The zero-order chi connectivity index (χ0) is 13.1. The second-order valence-electron chi connectivity index (χ2n) is 5.05. The lowest BCUT2D eigenvalue weighted by molar-refractivity contribution is 0.168. The summed E-state index contributed by atoms with van der Waals surface area (Å²) in [4.78, 5) is 11.1. The van der Waals surface area contributed by atoms with Gasteiger partial charge in [-0.2, -0.15) is 0 Å². The molecule has 1 amide bonds. The standard InChI is InChI=1S/C14H21NO2/c1-10-6-7-11(2)12(8-10)14(3,4)9-15-13(16)17-5/h6-8H,9H2,1-5H3,(H,15,16). The Balaban J connectivity index is 2.88. The minimum absolute atomic E-state index is 0.107. The van der Waals surface area contributed by atoms with Crippen molar-refractivity contribution in [2.45, 2.75) is 33.1 Å². The quantitative estimate of drug-likeness (QED) is 0.874. The first-order valence-corrected chi connectivity index (χ1v) is 5.76. The van der Waals surface area contributed by atoms with Crippen molar-refractivity contribution in [2.75, 3.05) is 13.7 Å². The van der Waals surface area contributed by atoms with Gasteiger partial charge in [-0.25, -0.2) is 4.79 Å². The van der Waals surface area contributed by atoms with E-state index in [4.69, 9.17) is 0 Å². The van der Waals surface area contributed by atoms with Crippen LogP contribution in [0, 0.1) is 13.8 Å². The molecule has 0 fully saturated rings. The van der Waals surface area contributed by atoms with E-state index >= 15 is 0 Å². The summed E-state index contributed by atoms with van der Waals surface area (Å²) < 4.78 is 4.59. The molecule has 0 saturated heterocycles. The van der Waals surface area contributed by atoms with E-state index in [0.717, 1.165) is 0 Å². The highest BCUT2D eigenvalue weighted by Gasteiger charge is 2.23. The minimum atomic E-state index is -0.386. The Morgan fingerprint density at radius 1 is 1.35 bits per heavy atom. The Bertz CT molecular complexity index is 411. The van der Waals surface area contributed by atoms with Gasteiger partial charge in [0.25, 0.3) is 0 Å². The summed E-state index contributed by atoms with van der Waals surface area (Å²) in [6, 6.07) is 6.39. The van der Waals surface area contributed by atoms with Gasteiger partial charge in [0.15, 0.2) is 0 Å². The van der Waals surface area contributed by atoms with Crippen LogP contribution in [0.1, 0.15) is 30.5 Å². The summed E-state index contributed by atoms with van der Waals surface area (Å²) in [7, 11) is 1.38. The third kappa shape index (κ3) is 3.48. The number of hydrogen-bond acceptors (Lipinski definition) is 2. The third-order valence-corrected chi connectivity index (χ3v) is 2.98. The molecule has 1 aromatic rings. The smallest absolute Gasteiger partial charge is 0.406 e. The Hall–Kier alpha value is -1.51. The van der Waals surface area contributed by atoms with Gasteiger partial charge in [-0.05, 0) is 25.0 Å². The van der Waals surface area contributed by atoms with Crippen LogP contribution in [0.3, 0.4) is 0 Å². The average molecular weight is 235 g/mol. The van der Waals surface area contributed by atoms with E-state index in [1.54, 1.807) is 0 Å². The van der Waals surface area contributed by atoms with Gasteiger partial charge in [0.05, 0.1) is 7.11 Å². The van der Waals surface area contributed by atoms with Gasteiger partial charge >= 0.3 is 6.09 Å². The van der Waals surface area contributed by atoms with Gasteiger partial charge < -0.3 is 10.1 Å². The first-order chi connectivity index (χ1) is 7.86. The number of carbonyl (C=O) groups is 1. The van der Waals surface area contributed by atoms with E-state index in [0.29, 0.717) is 6.54 Å². The Labute approximate surface area is 103 Å². The van der Waals surface area contributed by atoms with Crippen LogP contribution in [0.4, 0.5) is 4.79 Å². The van der Waals surface area contributed by atoms with Crippen LogP contribution < -0.4 is 5.32 Å². The number of benzene rings is 1. The molecule has 1 N–H and O–H groups in total. The number of methoxy groups -OCH3 is 1.